The summed E-state index contributed by atoms with van der Waals surface area (Å²) in [4.78, 5) is 17.1. The van der Waals surface area contributed by atoms with Crippen LogP contribution in [0, 0.1) is 0 Å². The van der Waals surface area contributed by atoms with Crippen molar-refractivity contribution in [2.45, 2.75) is 58.2 Å². The summed E-state index contributed by atoms with van der Waals surface area (Å²) < 4.78 is 11.4. The van der Waals surface area contributed by atoms with Gasteiger partial charge in [-0.1, -0.05) is 32.9 Å². The second kappa shape index (κ2) is 8.25. The Kier molecular flexibility index (Phi) is 5.87. The molecule has 6 nitrogen and oxygen atoms in total. The van der Waals surface area contributed by atoms with Crippen LogP contribution < -0.4 is 5.32 Å². The number of fused-ring (bicyclic) bond motifs is 1. The van der Waals surface area contributed by atoms with Gasteiger partial charge in [-0.25, -0.2) is 4.79 Å². The van der Waals surface area contributed by atoms with E-state index in [2.05, 4.69) is 38.2 Å². The molecule has 0 aromatic heterocycles. The van der Waals surface area contributed by atoms with Crippen molar-refractivity contribution in [2.75, 3.05) is 46.0 Å². The molecule has 29 heavy (non-hydrogen) atoms. The molecule has 0 radical (unpaired) electrons. The molecule has 3 aliphatic heterocycles. The molecule has 3 heterocycles. The minimum Gasteiger partial charge on any atom is -0.378 e. The highest BCUT2D eigenvalue weighted by molar-refractivity contribution is 5.75. The van der Waals surface area contributed by atoms with Crippen molar-refractivity contribution < 1.29 is 14.3 Å². The molecular formula is C23H35N3O3. The molecule has 2 atom stereocenters. The molecule has 1 N–H and O–H groups in total. The molecule has 0 bridgehead atoms. The number of morpholine rings is 2. The number of carbonyl (C=O) groups is 1. The molecule has 0 unspecified atom stereocenters. The Balaban J connectivity index is 1.62. The predicted molar refractivity (Wildman–Crippen MR) is 113 cm³/mol. The molecule has 1 aromatic carbocycles. The molecule has 0 saturated carbocycles. The van der Waals surface area contributed by atoms with Crippen LogP contribution in [0.25, 0.3) is 0 Å². The Morgan fingerprint density at radius 2 is 2.00 bits per heavy atom. The van der Waals surface area contributed by atoms with Gasteiger partial charge in [-0.3, -0.25) is 0 Å². The largest absolute Gasteiger partial charge is 0.378 e. The first-order valence-corrected chi connectivity index (χ1v) is 11.0. The summed E-state index contributed by atoms with van der Waals surface area (Å²) >= 11 is 0. The smallest absolute Gasteiger partial charge is 0.320 e. The van der Waals surface area contributed by atoms with Crippen LogP contribution >= 0.6 is 0 Å². The molecule has 6 heteroatoms. The summed E-state index contributed by atoms with van der Waals surface area (Å²) in [5.41, 5.74) is 5.46. The minimum absolute atomic E-state index is 0.0934. The second-order valence-electron chi connectivity index (χ2n) is 9.62. The van der Waals surface area contributed by atoms with Crippen molar-refractivity contribution in [3.05, 3.63) is 34.4 Å². The number of rotatable bonds is 1. The van der Waals surface area contributed by atoms with Gasteiger partial charge < -0.3 is 24.6 Å². The van der Waals surface area contributed by atoms with Crippen molar-refractivity contribution >= 4 is 6.03 Å². The van der Waals surface area contributed by atoms with Gasteiger partial charge in [0, 0.05) is 32.7 Å². The van der Waals surface area contributed by atoms with Gasteiger partial charge in [0.15, 0.2) is 0 Å². The molecule has 1 aromatic rings. The zero-order valence-electron chi connectivity index (χ0n) is 18.3. The first-order chi connectivity index (χ1) is 13.8. The van der Waals surface area contributed by atoms with E-state index in [4.69, 9.17) is 9.47 Å². The van der Waals surface area contributed by atoms with Crippen LogP contribution in [-0.2, 0) is 27.9 Å². The Morgan fingerprint density at radius 3 is 2.69 bits per heavy atom. The number of carbonyl (C=O) groups excluding carboxylic acids is 1. The Morgan fingerprint density at radius 1 is 1.17 bits per heavy atom. The van der Waals surface area contributed by atoms with Crippen molar-refractivity contribution in [1.82, 2.24) is 15.1 Å². The van der Waals surface area contributed by atoms with Crippen LogP contribution in [0.2, 0.25) is 0 Å². The lowest BCUT2D eigenvalue weighted by Gasteiger charge is -2.39. The second-order valence-corrected chi connectivity index (χ2v) is 9.62. The van der Waals surface area contributed by atoms with Gasteiger partial charge in [-0.15, -0.1) is 0 Å². The maximum Gasteiger partial charge on any atom is 0.320 e. The highest BCUT2D eigenvalue weighted by Crippen LogP contribution is 2.34. The normalized spacial score (nSPS) is 25.7. The van der Waals surface area contributed by atoms with E-state index in [0.29, 0.717) is 32.8 Å². The average Bonchev–Trinajstić information content (AvgIpc) is 2.72. The fourth-order valence-electron chi connectivity index (χ4n) is 4.56. The number of nitrogens with one attached hydrogen (secondary N) is 1. The lowest BCUT2D eigenvalue weighted by Crippen LogP contribution is -2.51. The van der Waals surface area contributed by atoms with E-state index in [0.717, 1.165) is 26.1 Å². The van der Waals surface area contributed by atoms with Gasteiger partial charge in [0.25, 0.3) is 0 Å². The average molecular weight is 402 g/mol. The van der Waals surface area contributed by atoms with Crippen LogP contribution in [-0.4, -0.2) is 67.9 Å². The van der Waals surface area contributed by atoms with Crippen molar-refractivity contribution in [3.63, 3.8) is 0 Å². The Hall–Kier alpha value is -1.63. The quantitative estimate of drug-likeness (QED) is 0.786. The lowest BCUT2D eigenvalue weighted by molar-refractivity contribution is -0.00977. The summed E-state index contributed by atoms with van der Waals surface area (Å²) in [6, 6.07) is 5.04. The van der Waals surface area contributed by atoms with Crippen LogP contribution in [0.5, 0.6) is 0 Å². The zero-order valence-corrected chi connectivity index (χ0v) is 18.3. The fraction of sp³-hybridized carbons (Fsp3) is 0.696. The molecular weight excluding hydrogens is 366 g/mol. The third-order valence-electron chi connectivity index (χ3n) is 6.32. The van der Waals surface area contributed by atoms with E-state index in [-0.39, 0.29) is 23.6 Å². The molecule has 160 valence electrons. The zero-order chi connectivity index (χ0) is 20.6. The number of hydrogen-bond acceptors (Lipinski definition) is 4. The minimum atomic E-state index is 0.0934. The van der Waals surface area contributed by atoms with Crippen LogP contribution in [0.15, 0.2) is 12.1 Å². The highest BCUT2D eigenvalue weighted by atomic mass is 16.5. The SMILES string of the molecule is C[C@H]1CN(C(=O)N2CCc3cc(C(C)(C)C)cc([C@@H]4COCCN4)c3C2)CCO1. The molecule has 0 spiro atoms. The first-order valence-electron chi connectivity index (χ1n) is 11.0. The highest BCUT2D eigenvalue weighted by Gasteiger charge is 2.32. The number of benzene rings is 1. The van der Waals surface area contributed by atoms with E-state index < -0.39 is 0 Å². The lowest BCUT2D eigenvalue weighted by atomic mass is 9.80. The van der Waals surface area contributed by atoms with E-state index in [1.807, 2.05) is 16.7 Å². The van der Waals surface area contributed by atoms with E-state index in [1.165, 1.54) is 22.3 Å². The summed E-state index contributed by atoms with van der Waals surface area (Å²) in [6.07, 6.45) is 1.02. The number of hydrogen-bond donors (Lipinski definition) is 1. The van der Waals surface area contributed by atoms with Gasteiger partial charge in [-0.2, -0.15) is 0 Å². The van der Waals surface area contributed by atoms with Gasteiger partial charge >= 0.3 is 6.03 Å². The maximum absolute atomic E-state index is 13.2. The summed E-state index contributed by atoms with van der Waals surface area (Å²) in [6.45, 7) is 14.6. The molecule has 0 aliphatic carbocycles. The van der Waals surface area contributed by atoms with Crippen LogP contribution in [0.1, 0.15) is 56.0 Å². The number of ether oxygens (including phenoxy) is 2. The first kappa shape index (κ1) is 20.6. The fourth-order valence-corrected chi connectivity index (χ4v) is 4.56. The maximum atomic E-state index is 13.2. The monoisotopic (exact) mass is 401 g/mol. The third kappa shape index (κ3) is 4.44. The van der Waals surface area contributed by atoms with Crippen LogP contribution in [0.4, 0.5) is 4.79 Å². The summed E-state index contributed by atoms with van der Waals surface area (Å²) in [5.74, 6) is 0. The van der Waals surface area contributed by atoms with Crippen LogP contribution in [0.3, 0.4) is 0 Å². The van der Waals surface area contributed by atoms with Gasteiger partial charge in [-0.05, 0) is 41.0 Å². The summed E-state index contributed by atoms with van der Waals surface area (Å²) in [7, 11) is 0. The van der Waals surface area contributed by atoms with E-state index >= 15 is 0 Å². The van der Waals surface area contributed by atoms with Gasteiger partial charge in [0.2, 0.25) is 0 Å². The Bertz CT molecular complexity index is 752. The molecule has 3 aliphatic rings. The number of nitrogens with zero attached hydrogens (tertiary/aromatic N) is 2. The van der Waals surface area contributed by atoms with Crippen molar-refractivity contribution in [1.29, 1.82) is 0 Å². The number of urea groups is 1. The van der Waals surface area contributed by atoms with Crippen molar-refractivity contribution in [2.24, 2.45) is 0 Å². The molecule has 2 fully saturated rings. The molecule has 2 saturated heterocycles. The van der Waals surface area contributed by atoms with E-state index in [9.17, 15) is 4.79 Å². The van der Waals surface area contributed by atoms with Crippen molar-refractivity contribution in [3.8, 4) is 0 Å². The predicted octanol–water partition coefficient (Wildman–Crippen LogP) is 2.84. The van der Waals surface area contributed by atoms with E-state index in [1.54, 1.807) is 0 Å². The topological polar surface area (TPSA) is 54.0 Å². The van der Waals surface area contributed by atoms with Gasteiger partial charge in [0.05, 0.1) is 32.0 Å². The Labute approximate surface area is 174 Å². The van der Waals surface area contributed by atoms with Gasteiger partial charge in [0.1, 0.15) is 0 Å². The summed E-state index contributed by atoms with van der Waals surface area (Å²) in [5, 5.41) is 3.62. The third-order valence-corrected chi connectivity index (χ3v) is 6.32. The standard InChI is InChI=1S/C23H35N3O3/c1-16-13-26(8-10-29-16)22(27)25-7-5-17-11-18(23(2,3)4)12-19(20(17)14-25)21-15-28-9-6-24-21/h11-12,16,21,24H,5-10,13-15H2,1-4H3/t16-,21-/m0/s1. The molecule has 4 rings (SSSR count). The molecule has 2 amide bonds. The number of amides is 2.